The van der Waals surface area contributed by atoms with Crippen LogP contribution in [-0.4, -0.2) is 22.1 Å². The summed E-state index contributed by atoms with van der Waals surface area (Å²) >= 11 is 0. The number of rotatable bonds is 5. The number of nitrogens with one attached hydrogen (secondary N) is 1. The minimum atomic E-state index is 0.0252. The lowest BCUT2D eigenvalue weighted by Gasteiger charge is -2.24. The van der Waals surface area contributed by atoms with E-state index in [1.54, 1.807) is 0 Å². The smallest absolute Gasteiger partial charge is 0.245 e. The number of hydrogen-bond acceptors (Lipinski definition) is 4. The van der Waals surface area contributed by atoms with Crippen LogP contribution in [0.1, 0.15) is 62.8 Å². The third-order valence-corrected chi connectivity index (χ3v) is 3.91. The number of aromatic nitrogens is 2. The van der Waals surface area contributed by atoms with Crippen LogP contribution in [0.5, 0.6) is 5.88 Å². The molecule has 20 heavy (non-hydrogen) atoms. The van der Waals surface area contributed by atoms with Crippen LogP contribution < -0.4 is 10.5 Å². The Hall–Kier alpha value is -1.65. The van der Waals surface area contributed by atoms with Crippen LogP contribution in [0.3, 0.4) is 0 Å². The van der Waals surface area contributed by atoms with Crippen molar-refractivity contribution in [3.8, 4) is 5.88 Å². The molecule has 2 rings (SSSR count). The number of nitrogens with zero attached hydrogens (tertiary/aromatic N) is 2. The van der Waals surface area contributed by atoms with E-state index in [9.17, 15) is 0 Å². The van der Waals surface area contributed by atoms with Gasteiger partial charge >= 0.3 is 0 Å². The van der Waals surface area contributed by atoms with E-state index >= 15 is 0 Å². The Morgan fingerprint density at radius 1 is 1.20 bits per heavy atom. The van der Waals surface area contributed by atoms with Gasteiger partial charge in [-0.15, -0.1) is 5.10 Å². The highest BCUT2D eigenvalue weighted by atomic mass is 16.5. The second-order valence-corrected chi connectivity index (χ2v) is 5.30. The van der Waals surface area contributed by atoms with Gasteiger partial charge in [0.05, 0.1) is 11.3 Å². The maximum atomic E-state index is 7.84. The number of nitrogens with two attached hydrogens (primary N) is 1. The largest absolute Gasteiger partial charge is 0.473 e. The van der Waals surface area contributed by atoms with Gasteiger partial charge in [-0.25, -0.2) is 0 Å². The number of hydrogen-bond donors (Lipinski definition) is 2. The summed E-state index contributed by atoms with van der Waals surface area (Å²) in [5, 5.41) is 16.3. The van der Waals surface area contributed by atoms with Crippen molar-refractivity contribution in [2.45, 2.75) is 64.9 Å². The topological polar surface area (TPSA) is 84.9 Å². The Bertz CT molecular complexity index is 481. The molecule has 1 saturated carbocycles. The van der Waals surface area contributed by atoms with E-state index in [1.807, 2.05) is 13.8 Å². The molecule has 3 N–H and O–H groups in total. The lowest BCUT2D eigenvalue weighted by Crippen LogP contribution is -2.25. The molecule has 110 valence electrons. The van der Waals surface area contributed by atoms with Crippen LogP contribution in [0.2, 0.25) is 0 Å². The summed E-state index contributed by atoms with van der Waals surface area (Å²) in [5.41, 5.74) is 8.31. The molecule has 0 bridgehead atoms. The maximum Gasteiger partial charge on any atom is 0.245 e. The molecule has 1 aliphatic rings. The molecule has 0 atom stereocenters. The SMILES string of the molecule is CCc1nnc(OC2CCCCC2)c(C(=N)N)c1CC. The van der Waals surface area contributed by atoms with Crippen molar-refractivity contribution in [1.29, 1.82) is 5.41 Å². The predicted molar refractivity (Wildman–Crippen MR) is 79.3 cm³/mol. The first-order chi connectivity index (χ1) is 9.67. The molecule has 1 aliphatic carbocycles. The maximum absolute atomic E-state index is 7.84. The molecule has 1 fully saturated rings. The van der Waals surface area contributed by atoms with Gasteiger partial charge in [0.1, 0.15) is 11.9 Å². The van der Waals surface area contributed by atoms with Crippen LogP contribution in [0.4, 0.5) is 0 Å². The fourth-order valence-electron chi connectivity index (χ4n) is 2.86. The average molecular weight is 276 g/mol. The molecule has 0 amide bonds. The van der Waals surface area contributed by atoms with E-state index in [4.69, 9.17) is 15.9 Å². The van der Waals surface area contributed by atoms with E-state index in [2.05, 4.69) is 10.2 Å². The Kier molecular flexibility index (Phi) is 4.93. The fourth-order valence-corrected chi connectivity index (χ4v) is 2.86. The van der Waals surface area contributed by atoms with Crippen LogP contribution in [0.15, 0.2) is 0 Å². The van der Waals surface area contributed by atoms with Gasteiger partial charge < -0.3 is 10.5 Å². The molecule has 5 heteroatoms. The number of nitrogen functional groups attached to an aromatic ring is 1. The van der Waals surface area contributed by atoms with Crippen molar-refractivity contribution in [1.82, 2.24) is 10.2 Å². The van der Waals surface area contributed by atoms with Crippen molar-refractivity contribution in [2.24, 2.45) is 5.73 Å². The summed E-state index contributed by atoms with van der Waals surface area (Å²) < 4.78 is 6.00. The summed E-state index contributed by atoms with van der Waals surface area (Å²) in [6, 6.07) is 0. The summed E-state index contributed by atoms with van der Waals surface area (Å²) in [6.45, 7) is 4.09. The number of amidine groups is 1. The normalized spacial score (nSPS) is 16.1. The molecule has 0 saturated heterocycles. The quantitative estimate of drug-likeness (QED) is 0.639. The van der Waals surface area contributed by atoms with Crippen LogP contribution >= 0.6 is 0 Å². The molecule has 0 aromatic carbocycles. The minimum absolute atomic E-state index is 0.0252. The van der Waals surface area contributed by atoms with Gasteiger partial charge in [0.2, 0.25) is 5.88 Å². The molecular formula is C15H24N4O. The first-order valence-corrected chi connectivity index (χ1v) is 7.56. The standard InChI is InChI=1S/C15H24N4O/c1-3-11-12(4-2)18-19-15(13(11)14(16)17)20-10-8-6-5-7-9-10/h10H,3-9H2,1-2H3,(H3,16,17). The van der Waals surface area contributed by atoms with Crippen LogP contribution in [0, 0.1) is 5.41 Å². The average Bonchev–Trinajstić information content (AvgIpc) is 2.47. The summed E-state index contributed by atoms with van der Waals surface area (Å²) in [5.74, 6) is 0.468. The number of ether oxygens (including phenoxy) is 1. The summed E-state index contributed by atoms with van der Waals surface area (Å²) in [6.07, 6.45) is 7.54. The van der Waals surface area contributed by atoms with Crippen LogP contribution in [0.25, 0.3) is 0 Å². The van der Waals surface area contributed by atoms with Crippen molar-refractivity contribution < 1.29 is 4.74 Å². The third-order valence-electron chi connectivity index (χ3n) is 3.91. The molecule has 0 unspecified atom stereocenters. The van der Waals surface area contributed by atoms with Gasteiger partial charge in [-0.3, -0.25) is 5.41 Å². The van der Waals surface area contributed by atoms with Crippen molar-refractivity contribution >= 4 is 5.84 Å². The van der Waals surface area contributed by atoms with Gasteiger partial charge in [0.25, 0.3) is 0 Å². The fraction of sp³-hybridized carbons (Fsp3) is 0.667. The van der Waals surface area contributed by atoms with E-state index < -0.39 is 0 Å². The second kappa shape index (κ2) is 6.68. The molecule has 0 radical (unpaired) electrons. The van der Waals surface area contributed by atoms with E-state index in [1.165, 1.54) is 19.3 Å². The first kappa shape index (κ1) is 14.8. The van der Waals surface area contributed by atoms with Crippen molar-refractivity contribution in [2.75, 3.05) is 0 Å². The monoisotopic (exact) mass is 276 g/mol. The summed E-state index contributed by atoms with van der Waals surface area (Å²) in [7, 11) is 0. The molecule has 1 aromatic rings. The highest BCUT2D eigenvalue weighted by Crippen LogP contribution is 2.27. The zero-order valence-electron chi connectivity index (χ0n) is 12.4. The van der Waals surface area contributed by atoms with Crippen molar-refractivity contribution in [3.63, 3.8) is 0 Å². The van der Waals surface area contributed by atoms with Gasteiger partial charge in [-0.2, -0.15) is 5.10 Å². The lowest BCUT2D eigenvalue weighted by atomic mass is 9.97. The molecule has 1 aromatic heterocycles. The zero-order chi connectivity index (χ0) is 14.5. The second-order valence-electron chi connectivity index (χ2n) is 5.30. The molecular weight excluding hydrogens is 252 g/mol. The van der Waals surface area contributed by atoms with Gasteiger partial charge in [-0.05, 0) is 44.1 Å². The number of aryl methyl sites for hydroxylation is 1. The third kappa shape index (κ3) is 3.08. The van der Waals surface area contributed by atoms with E-state index in [0.29, 0.717) is 11.4 Å². The zero-order valence-corrected chi connectivity index (χ0v) is 12.4. The highest BCUT2D eigenvalue weighted by molar-refractivity contribution is 5.98. The van der Waals surface area contributed by atoms with E-state index in [-0.39, 0.29) is 11.9 Å². The van der Waals surface area contributed by atoms with E-state index in [0.717, 1.165) is 36.9 Å². The molecule has 0 spiro atoms. The lowest BCUT2D eigenvalue weighted by molar-refractivity contribution is 0.146. The molecule has 0 aliphatic heterocycles. The van der Waals surface area contributed by atoms with Crippen LogP contribution in [-0.2, 0) is 12.8 Å². The predicted octanol–water partition coefficient (Wildman–Crippen LogP) is 2.60. The van der Waals surface area contributed by atoms with Crippen molar-refractivity contribution in [3.05, 3.63) is 16.8 Å². The highest BCUT2D eigenvalue weighted by Gasteiger charge is 2.22. The molecule has 5 nitrogen and oxygen atoms in total. The Balaban J connectivity index is 2.33. The van der Waals surface area contributed by atoms with Gasteiger partial charge in [0.15, 0.2) is 0 Å². The summed E-state index contributed by atoms with van der Waals surface area (Å²) in [4.78, 5) is 0. The Morgan fingerprint density at radius 2 is 1.90 bits per heavy atom. The first-order valence-electron chi connectivity index (χ1n) is 7.56. The Labute approximate surface area is 120 Å². The van der Waals surface area contributed by atoms with Gasteiger partial charge in [0, 0.05) is 0 Å². The minimum Gasteiger partial charge on any atom is -0.473 e. The molecule has 1 heterocycles. The Morgan fingerprint density at radius 3 is 2.45 bits per heavy atom. The van der Waals surface area contributed by atoms with Gasteiger partial charge in [-0.1, -0.05) is 20.3 Å².